The molecule has 0 spiro atoms. The minimum absolute atomic E-state index is 1.08. The van der Waals surface area contributed by atoms with Gasteiger partial charge in [-0.3, -0.25) is 0 Å². The van der Waals surface area contributed by atoms with Gasteiger partial charge in [-0.15, -0.1) is 9.72 Å². The Kier molecular flexibility index (Phi) is 12.3. The van der Waals surface area contributed by atoms with Gasteiger partial charge in [0, 0.05) is 49.1 Å². The van der Waals surface area contributed by atoms with E-state index < -0.39 is 50.6 Å². The van der Waals surface area contributed by atoms with Crippen molar-refractivity contribution in [1.29, 1.82) is 0 Å². The van der Waals surface area contributed by atoms with E-state index in [9.17, 15) is 0 Å². The van der Waals surface area contributed by atoms with E-state index in [-0.39, 0.29) is 0 Å². The normalized spacial score (nSPS) is 22.0. The highest BCUT2D eigenvalue weighted by Gasteiger charge is 2.67. The summed E-state index contributed by atoms with van der Waals surface area (Å²) >= 11 is 0. The second-order valence-corrected chi connectivity index (χ2v) is 43.4. The summed E-state index contributed by atoms with van der Waals surface area (Å²) in [5.74, 6) is 0. The fourth-order valence-corrected chi connectivity index (χ4v) is 59.7. The number of nitrogens with zero attached hydrogens (tertiary/aromatic N) is 4. The van der Waals surface area contributed by atoms with Crippen molar-refractivity contribution >= 4 is 93.1 Å². The zero-order valence-corrected chi connectivity index (χ0v) is 42.3. The van der Waals surface area contributed by atoms with E-state index in [0.29, 0.717) is 0 Å². The first-order chi connectivity index (χ1) is 31.2. The number of hydrogen-bond acceptors (Lipinski definition) is 6. The summed E-state index contributed by atoms with van der Waals surface area (Å²) in [6.45, 7) is 7.49. The van der Waals surface area contributed by atoms with Crippen LogP contribution in [0, 0.1) is 0 Å². The highest BCUT2D eigenvalue weighted by atomic mass is 32.5. The predicted octanol–water partition coefficient (Wildman–Crippen LogP) is 13.2. The average molecular weight is 965 g/mol. The Morgan fingerprint density at radius 3 is 0.703 bits per heavy atom. The molecule has 2 unspecified atom stereocenters. The number of rotatable bonds is 10. The lowest BCUT2D eigenvalue weighted by Gasteiger charge is -2.43. The molecule has 0 fully saturated rings. The van der Waals surface area contributed by atoms with E-state index in [0.717, 1.165) is 0 Å². The molecule has 0 amide bonds. The monoisotopic (exact) mass is 964 g/mol. The van der Waals surface area contributed by atoms with Crippen molar-refractivity contribution in [2.75, 3.05) is 20.0 Å². The molecule has 0 saturated heterocycles. The third-order valence-electron chi connectivity index (χ3n) is 11.9. The lowest BCUT2D eigenvalue weighted by molar-refractivity contribution is 1.49. The first kappa shape index (κ1) is 43.8. The molecule has 0 aromatic heterocycles. The number of benzene rings is 8. The molecule has 2 aliphatic rings. The standard InChI is InChI=1S/C51H51N6P7/c1-58(59(2)52-61(44-28-12-4-13-29-44,45-30-14-5-15-31-45)56-62(53-59,46-32-16-6-17-33-46)47-34-18-7-19-35-47)60(3)54-63(48-36-20-8-21-37-48,49-38-22-9-23-39-49)57-64(55-60,50-40-24-10-25-41-50)51-42-26-11-27-43-51/h4-43,52,54H,1-3H3/q+2. The van der Waals surface area contributed by atoms with Crippen LogP contribution in [0.5, 0.6) is 0 Å². The quantitative estimate of drug-likeness (QED) is 0.134. The molecule has 0 bridgehead atoms. The summed E-state index contributed by atoms with van der Waals surface area (Å²) in [5.41, 5.74) is 0. The Labute approximate surface area is 381 Å². The Morgan fingerprint density at radius 2 is 0.500 bits per heavy atom. The molecular weight excluding hydrogens is 913 g/mol. The van der Waals surface area contributed by atoms with Gasteiger partial charge in [-0.1, -0.05) is 252 Å². The van der Waals surface area contributed by atoms with Crippen molar-refractivity contribution in [3.63, 3.8) is 0 Å². The summed E-state index contributed by atoms with van der Waals surface area (Å²) in [6.07, 6.45) is 0. The summed E-state index contributed by atoms with van der Waals surface area (Å²) in [6, 6.07) is 88.0. The van der Waals surface area contributed by atoms with Gasteiger partial charge in [-0.2, -0.15) is 0 Å². The SMILES string of the molecule is CP([P+]1(C)N=P(c2ccccc2)(c2ccccc2)N=P(c2ccccc2)(c2ccccc2)N1)[P+]1(C)N=P(c2ccccc2)(c2ccccc2)N=P(c2ccccc2)(c2ccccc2)N1. The van der Waals surface area contributed by atoms with Crippen LogP contribution in [-0.2, 0) is 0 Å². The molecule has 64 heavy (non-hydrogen) atoms. The molecule has 10 rings (SSSR count). The fourth-order valence-electron chi connectivity index (χ4n) is 8.71. The zero-order valence-electron chi connectivity index (χ0n) is 36.0. The van der Waals surface area contributed by atoms with Gasteiger partial charge in [0.1, 0.15) is 14.4 Å². The van der Waals surface area contributed by atoms with Crippen molar-refractivity contribution in [2.24, 2.45) is 18.1 Å². The number of nitrogens with one attached hydrogen (secondary N) is 2. The van der Waals surface area contributed by atoms with E-state index >= 15 is 0 Å². The van der Waals surface area contributed by atoms with Crippen LogP contribution in [0.3, 0.4) is 0 Å². The van der Waals surface area contributed by atoms with E-state index in [4.69, 9.17) is 18.1 Å². The first-order valence-corrected chi connectivity index (χ1v) is 35.8. The van der Waals surface area contributed by atoms with Crippen LogP contribution >= 0.6 is 50.6 Å². The van der Waals surface area contributed by atoms with Gasteiger partial charge in [0.05, 0.1) is 13.3 Å². The molecule has 2 heterocycles. The molecule has 2 N–H and O–H groups in total. The van der Waals surface area contributed by atoms with Crippen molar-refractivity contribution in [3.05, 3.63) is 243 Å². The summed E-state index contributed by atoms with van der Waals surface area (Å²) in [5, 5.41) is 9.52. The smallest absolute Gasteiger partial charge is 0.223 e. The van der Waals surface area contributed by atoms with Gasteiger partial charge in [0.25, 0.3) is 21.8 Å². The molecule has 2 atom stereocenters. The fraction of sp³-hybridized carbons (Fsp3) is 0.0588. The molecular formula is C51H51N6P7+2. The lowest BCUT2D eigenvalue weighted by atomic mass is 10.4. The van der Waals surface area contributed by atoms with Crippen molar-refractivity contribution < 1.29 is 0 Å². The molecule has 0 radical (unpaired) electrons. The lowest BCUT2D eigenvalue weighted by Crippen LogP contribution is -2.33. The van der Waals surface area contributed by atoms with E-state index in [1.165, 1.54) is 42.4 Å². The zero-order chi connectivity index (χ0) is 43.7. The molecule has 0 saturated carbocycles. The summed E-state index contributed by atoms with van der Waals surface area (Å²) in [7, 11) is -17.6. The van der Waals surface area contributed by atoms with Crippen molar-refractivity contribution in [2.45, 2.75) is 0 Å². The predicted molar refractivity (Wildman–Crippen MR) is 291 cm³/mol. The van der Waals surface area contributed by atoms with Crippen LogP contribution < -0.4 is 52.2 Å². The molecule has 2 aliphatic heterocycles. The molecule has 0 aliphatic carbocycles. The maximum Gasteiger partial charge on any atom is 0.292 e. The van der Waals surface area contributed by atoms with Gasteiger partial charge < -0.3 is 0 Å². The van der Waals surface area contributed by atoms with Crippen LogP contribution in [0.4, 0.5) is 0 Å². The topological polar surface area (TPSA) is 73.5 Å². The van der Waals surface area contributed by atoms with E-state index in [2.05, 4.69) is 272 Å². The minimum atomic E-state index is -2.85. The Bertz CT molecular complexity index is 2740. The molecule has 13 heteroatoms. The van der Waals surface area contributed by atoms with Crippen molar-refractivity contribution in [1.82, 2.24) is 9.72 Å². The van der Waals surface area contributed by atoms with Crippen LogP contribution in [0.2, 0.25) is 0 Å². The molecule has 6 nitrogen and oxygen atoms in total. The van der Waals surface area contributed by atoms with Crippen LogP contribution in [0.25, 0.3) is 0 Å². The molecule has 318 valence electrons. The minimum Gasteiger partial charge on any atom is -0.223 e. The van der Waals surface area contributed by atoms with Crippen LogP contribution in [0.15, 0.2) is 261 Å². The Hall–Kier alpha value is -4.11. The second kappa shape index (κ2) is 17.9. The van der Waals surface area contributed by atoms with Crippen molar-refractivity contribution in [3.8, 4) is 0 Å². The van der Waals surface area contributed by atoms with Gasteiger partial charge in [-0.05, 0) is 0 Å². The maximum absolute atomic E-state index is 6.46. The first-order valence-electron chi connectivity index (χ1n) is 21.3. The summed E-state index contributed by atoms with van der Waals surface area (Å²) < 4.78 is 25.6. The second-order valence-electron chi connectivity index (χ2n) is 16.0. The van der Waals surface area contributed by atoms with Gasteiger partial charge in [0.15, 0.2) is 14.4 Å². The van der Waals surface area contributed by atoms with E-state index in [1.807, 2.05) is 0 Å². The summed E-state index contributed by atoms with van der Waals surface area (Å²) in [4.78, 5) is 9.15. The molecule has 8 aromatic carbocycles. The highest BCUT2D eigenvalue weighted by molar-refractivity contribution is 8.69. The largest absolute Gasteiger partial charge is 0.292 e. The molecule has 8 aromatic rings. The van der Waals surface area contributed by atoms with Crippen LogP contribution in [-0.4, -0.2) is 20.0 Å². The highest BCUT2D eigenvalue weighted by Crippen LogP contribution is 3.05. The maximum atomic E-state index is 6.46. The average Bonchev–Trinajstić information content (AvgIpc) is 3.37. The van der Waals surface area contributed by atoms with Gasteiger partial charge in [-0.25, -0.2) is 9.03 Å². The van der Waals surface area contributed by atoms with E-state index in [1.54, 1.807) is 0 Å². The van der Waals surface area contributed by atoms with Crippen LogP contribution in [0.1, 0.15) is 0 Å². The number of hydrogen-bond donors (Lipinski definition) is 2. The third-order valence-corrected chi connectivity index (χ3v) is 52.9. The van der Waals surface area contributed by atoms with Gasteiger partial charge >= 0.3 is 0 Å². The third kappa shape index (κ3) is 7.71. The van der Waals surface area contributed by atoms with Gasteiger partial charge in [0.2, 0.25) is 0 Å². The Morgan fingerprint density at radius 1 is 0.312 bits per heavy atom. The Balaban J connectivity index is 1.34.